The first-order chi connectivity index (χ1) is 43.4. The minimum absolute atomic E-state index is 0.0634. The van der Waals surface area contributed by atoms with Gasteiger partial charge in [-0.05, 0) is 62.6 Å². The molecular weight excluding hydrogens is 1240 g/mol. The molecule has 0 fully saturated rings. The summed E-state index contributed by atoms with van der Waals surface area (Å²) in [6.07, 6.45) is 1.53. The number of hydrogen-bond acceptors (Lipinski definition) is 16. The molecule has 0 aromatic heterocycles. The molecule has 2 rings (SSSR count). The minimum atomic E-state index is -1.41. The van der Waals surface area contributed by atoms with Crippen LogP contribution in [0.2, 0.25) is 5.32 Å². The number of primary amides is 2. The van der Waals surface area contributed by atoms with Gasteiger partial charge in [-0.1, -0.05) is 70.9 Å². The van der Waals surface area contributed by atoms with Crippen molar-refractivity contribution in [2.45, 2.75) is 200 Å². The number of benzene rings is 2. The van der Waals surface area contributed by atoms with Crippen LogP contribution in [0, 0.1) is 47.3 Å². The van der Waals surface area contributed by atoms with Crippen LogP contribution in [0.5, 0.6) is 0 Å². The summed E-state index contributed by atoms with van der Waals surface area (Å²) in [5.74, 6) is -11.1. The fourth-order valence-electron chi connectivity index (χ4n) is 10.5. The molecule has 92 heavy (non-hydrogen) atoms. The van der Waals surface area contributed by atoms with E-state index < -0.39 is 138 Å². The van der Waals surface area contributed by atoms with Crippen molar-refractivity contribution in [3.63, 3.8) is 0 Å². The van der Waals surface area contributed by atoms with Crippen molar-refractivity contribution in [3.8, 4) is 0 Å². The first-order valence-corrected chi connectivity index (χ1v) is 34.6. The van der Waals surface area contributed by atoms with Crippen LogP contribution in [0.4, 0.5) is 0 Å². The van der Waals surface area contributed by atoms with Crippen LogP contribution < -0.4 is 59.7 Å². The molecule has 512 valence electrons. The number of nitrogens with two attached hydrogens (primary N) is 5. The van der Waals surface area contributed by atoms with Gasteiger partial charge in [-0.2, -0.15) is 0 Å². The topological polar surface area (TPSA) is 412 Å². The number of hydrogen-bond donors (Lipinski definition) is 10. The molecule has 0 bridgehead atoms. The van der Waals surface area contributed by atoms with Crippen molar-refractivity contribution in [2.75, 3.05) is 26.2 Å². The Hall–Kier alpha value is -6.85. The second kappa shape index (κ2) is 43.9. The Morgan fingerprint density at radius 3 is 1.54 bits per heavy atom. The molecule has 9 atom stereocenters. The van der Waals surface area contributed by atoms with E-state index in [1.165, 1.54) is 0 Å². The van der Waals surface area contributed by atoms with Crippen molar-refractivity contribution >= 4 is 95.5 Å². The number of carbonyl (C=O) groups is 13. The molecule has 15 N–H and O–H groups in total. The number of amides is 7. The Morgan fingerprint density at radius 1 is 0.478 bits per heavy atom. The predicted molar refractivity (Wildman–Crippen MR) is 354 cm³/mol. The molecule has 0 saturated heterocycles. The Labute approximate surface area is 550 Å². The molecule has 0 saturated carbocycles. The molecule has 24 heteroatoms. The van der Waals surface area contributed by atoms with E-state index in [4.69, 9.17) is 28.7 Å². The Balaban J connectivity index is 2.30. The summed E-state index contributed by atoms with van der Waals surface area (Å²) in [7, 11) is 0. The average molecular weight is 1350 g/mol. The molecular formula is C68H106N10O13Se. The zero-order chi connectivity index (χ0) is 69.0. The first-order valence-electron chi connectivity index (χ1n) is 32.5. The van der Waals surface area contributed by atoms with E-state index in [1.54, 1.807) is 6.92 Å². The van der Waals surface area contributed by atoms with Crippen LogP contribution in [0.3, 0.4) is 0 Å². The standard InChI is InChI=1S/C68H106N10O13Se/c1-41(2)28-50(67(90)76-56(30-43(5)6)61(84)36-49(19-13-15-27-70)66(89)77-58(37-62(72)85)60(83)35-48(64(73)87)18-12-14-26-69)33-52(80)39-75-65(88)51(40-92-54-22-20-47(21-23-54)31-44(7)45(8)79)34-53(81)38-74-63(86)25-24-59(82)57(32-46-16-10-9-11-17-46)78-68(91)55(71)29-42(3)4/h9-11,16-17,20-23,41-44,48-51,55-58H,12-15,18-19,24-40,69-71H2,1-8H3,(H2,72,85)(H2,73,87)(H,74,86)(H,75,88)(H,76,90)(H,77,89)(H,78,91)/t44-,48+,49+,50+,51-,55-,56-,57-,58-/m0/s1. The second-order valence-corrected chi connectivity index (χ2v) is 28.0. The van der Waals surface area contributed by atoms with Crippen LogP contribution in [-0.2, 0) is 75.2 Å². The van der Waals surface area contributed by atoms with E-state index in [0.717, 1.165) is 15.6 Å². The summed E-state index contributed by atoms with van der Waals surface area (Å²) < 4.78 is 0.907. The molecule has 0 unspecified atom stereocenters. The number of carbonyl (C=O) groups excluding carboxylic acids is 13. The van der Waals surface area contributed by atoms with Crippen molar-refractivity contribution in [1.29, 1.82) is 0 Å². The van der Waals surface area contributed by atoms with Gasteiger partial charge in [-0.15, -0.1) is 0 Å². The van der Waals surface area contributed by atoms with Crippen LogP contribution in [0.15, 0.2) is 54.6 Å². The molecule has 2 aromatic rings. The molecule has 2 aromatic carbocycles. The predicted octanol–water partition coefficient (Wildman–Crippen LogP) is 2.87. The number of Topliss-reactive ketones (excluding diaryl/α,β-unsaturated/α-hetero) is 6. The molecule has 0 heterocycles. The summed E-state index contributed by atoms with van der Waals surface area (Å²) in [5.41, 5.74) is 30.4. The third-order valence-corrected chi connectivity index (χ3v) is 18.3. The van der Waals surface area contributed by atoms with Crippen molar-refractivity contribution in [1.82, 2.24) is 26.6 Å². The van der Waals surface area contributed by atoms with Gasteiger partial charge in [0.05, 0.1) is 18.5 Å². The number of ketones is 6. The van der Waals surface area contributed by atoms with E-state index in [9.17, 15) is 62.3 Å². The maximum atomic E-state index is 14.4. The van der Waals surface area contributed by atoms with Crippen LogP contribution >= 0.6 is 0 Å². The van der Waals surface area contributed by atoms with E-state index in [0.29, 0.717) is 51.6 Å². The van der Waals surface area contributed by atoms with Gasteiger partial charge in [0.2, 0.25) is 23.6 Å². The van der Waals surface area contributed by atoms with Gasteiger partial charge in [0.1, 0.15) is 0 Å². The summed E-state index contributed by atoms with van der Waals surface area (Å²) in [6.45, 7) is 14.4. The quantitative estimate of drug-likeness (QED) is 0.0336. The number of unbranched alkanes of at least 4 members (excludes halogenated alkanes) is 2. The zero-order valence-corrected chi connectivity index (χ0v) is 57.2. The Kier molecular flexibility index (Phi) is 38.7. The van der Waals surface area contributed by atoms with Crippen molar-refractivity contribution in [3.05, 3.63) is 65.7 Å². The average Bonchev–Trinajstić information content (AvgIpc) is 2.91. The number of rotatable bonds is 50. The van der Waals surface area contributed by atoms with Crippen LogP contribution in [0.25, 0.3) is 0 Å². The van der Waals surface area contributed by atoms with E-state index in [1.807, 2.05) is 103 Å². The Morgan fingerprint density at radius 2 is 0.989 bits per heavy atom. The summed E-state index contributed by atoms with van der Waals surface area (Å²) in [5, 5.41) is 13.7. The van der Waals surface area contributed by atoms with E-state index in [-0.39, 0.29) is 120 Å². The third-order valence-electron chi connectivity index (χ3n) is 15.9. The molecule has 0 radical (unpaired) electrons. The van der Waals surface area contributed by atoms with Gasteiger partial charge >= 0.3 is 284 Å². The zero-order valence-electron chi connectivity index (χ0n) is 55.5. The fourth-order valence-corrected chi connectivity index (χ4v) is 12.6. The maximum absolute atomic E-state index is 14.4. The van der Waals surface area contributed by atoms with E-state index >= 15 is 0 Å². The third kappa shape index (κ3) is 33.6. The summed E-state index contributed by atoms with van der Waals surface area (Å²) in [6, 6.07) is 12.4. The second-order valence-electron chi connectivity index (χ2n) is 25.8. The Bertz CT molecular complexity index is 2740. The fraction of sp³-hybridized carbons (Fsp3) is 0.632. The van der Waals surface area contributed by atoms with Crippen LogP contribution in [0.1, 0.15) is 169 Å². The van der Waals surface area contributed by atoms with E-state index in [2.05, 4.69) is 26.6 Å². The van der Waals surface area contributed by atoms with Gasteiger partial charge < -0.3 is 34.0 Å². The van der Waals surface area contributed by atoms with Crippen LogP contribution in [-0.4, -0.2) is 141 Å². The van der Waals surface area contributed by atoms with Crippen molar-refractivity contribution in [2.24, 2.45) is 76.0 Å². The molecule has 23 nitrogen and oxygen atoms in total. The normalized spacial score (nSPS) is 14.3. The molecule has 7 amide bonds. The van der Waals surface area contributed by atoms with Gasteiger partial charge in [-0.3, -0.25) is 28.8 Å². The molecule has 0 aliphatic rings. The summed E-state index contributed by atoms with van der Waals surface area (Å²) >= 11 is -0.363. The first kappa shape index (κ1) is 81.2. The van der Waals surface area contributed by atoms with Gasteiger partial charge in [0, 0.05) is 24.7 Å². The number of nitrogens with one attached hydrogen (secondary N) is 5. The SMILES string of the molecule is CC(=O)[C@@H](C)Cc1ccc([Se]C[C@H](CC(=O)CNC(=O)CCC(=O)[C@H](Cc2ccccc2)NC(=O)[C@@H](N)CC(C)C)C(=O)NCC(=O)C[C@@H](CC(C)C)C(=O)N[C@@H](CC(C)C)C(=O)C[C@@H](CCCCN)C(=O)N[C@@H](CC(N)=O)C(=O)C[C@@H](CCCCN)C(N)=O)cc1. The monoisotopic (exact) mass is 1350 g/mol. The molecule has 0 spiro atoms. The summed E-state index contributed by atoms with van der Waals surface area (Å²) in [4.78, 5) is 174. The molecule has 0 aliphatic carbocycles. The van der Waals surface area contributed by atoms with Gasteiger partial charge in [0.25, 0.3) is 0 Å². The van der Waals surface area contributed by atoms with Gasteiger partial charge in [-0.25, -0.2) is 0 Å². The molecule has 0 aliphatic heterocycles. The van der Waals surface area contributed by atoms with Crippen molar-refractivity contribution < 1.29 is 62.3 Å². The van der Waals surface area contributed by atoms with Gasteiger partial charge in [0.15, 0.2) is 5.78 Å².